The lowest BCUT2D eigenvalue weighted by molar-refractivity contribution is 0.00578. The van der Waals surface area contributed by atoms with Crippen molar-refractivity contribution in [1.29, 1.82) is 5.26 Å². The minimum absolute atomic E-state index is 0.0366. The molecule has 1 saturated heterocycles. The molecule has 0 N–H and O–H groups in total. The van der Waals surface area contributed by atoms with Crippen LogP contribution in [0.3, 0.4) is 0 Å². The molecule has 0 aliphatic carbocycles. The van der Waals surface area contributed by atoms with Gasteiger partial charge >= 0.3 is 7.12 Å². The molecule has 1 fully saturated rings. The molecule has 0 radical (unpaired) electrons. The van der Waals surface area contributed by atoms with E-state index >= 15 is 0 Å². The fourth-order valence-corrected chi connectivity index (χ4v) is 2.92. The number of rotatable bonds is 4. The Labute approximate surface area is 152 Å². The average molecular weight is 357 g/mol. The maximum absolute atomic E-state index is 14.2. The number of hydrogen-bond donors (Lipinski definition) is 0. The largest absolute Gasteiger partial charge is 0.495 e. The summed E-state index contributed by atoms with van der Waals surface area (Å²) in [6.45, 7) is 7.82. The summed E-state index contributed by atoms with van der Waals surface area (Å²) in [5, 5.41) is 10.6. The molecule has 136 valence electrons. The van der Waals surface area contributed by atoms with E-state index in [1.165, 1.54) is 13.2 Å². The van der Waals surface area contributed by atoms with Gasteiger partial charge in [-0.15, -0.1) is 0 Å². The zero-order valence-electron chi connectivity index (χ0n) is 15.6. The fraction of sp³-hybridized carbons (Fsp3) is 0.421. The Morgan fingerprint density at radius 1 is 1.15 bits per heavy atom. The Morgan fingerprint density at radius 3 is 2.38 bits per heavy atom. The number of nitrogens with zero attached hydrogens (tertiary/aromatic N) is 1. The summed E-state index contributed by atoms with van der Waals surface area (Å²) in [6.07, 6.45) is 0. The molecule has 0 saturated carbocycles. The van der Waals surface area contributed by atoms with Crippen molar-refractivity contribution in [3.05, 3.63) is 35.6 Å². The van der Waals surface area contributed by atoms with Gasteiger partial charge in [0.15, 0.2) is 6.79 Å². The minimum atomic E-state index is -0.748. The predicted molar refractivity (Wildman–Crippen MR) is 96.8 cm³/mol. The lowest BCUT2D eigenvalue weighted by atomic mass is 9.75. The predicted octanol–water partition coefficient (Wildman–Crippen LogP) is 3.13. The molecule has 0 amide bonds. The molecular formula is C19H21BFNO4. The van der Waals surface area contributed by atoms with Crippen LogP contribution in [-0.4, -0.2) is 32.2 Å². The molecule has 2 aromatic carbocycles. The molecule has 3 rings (SSSR count). The van der Waals surface area contributed by atoms with Crippen LogP contribution in [0.1, 0.15) is 33.3 Å². The lowest BCUT2D eigenvalue weighted by Crippen LogP contribution is -2.41. The molecule has 26 heavy (non-hydrogen) atoms. The second kappa shape index (κ2) is 6.55. The Bertz CT molecular complexity index is 875. The second-order valence-corrected chi connectivity index (χ2v) is 7.28. The molecule has 7 heteroatoms. The quantitative estimate of drug-likeness (QED) is 0.622. The van der Waals surface area contributed by atoms with Gasteiger partial charge in [0.1, 0.15) is 17.6 Å². The van der Waals surface area contributed by atoms with E-state index in [2.05, 4.69) is 0 Å². The summed E-state index contributed by atoms with van der Waals surface area (Å²) in [5.41, 5.74) is -0.602. The van der Waals surface area contributed by atoms with Crippen molar-refractivity contribution >= 4 is 23.4 Å². The Balaban J connectivity index is 2.22. The third kappa shape index (κ3) is 3.05. The number of benzene rings is 2. The first kappa shape index (κ1) is 18.6. The van der Waals surface area contributed by atoms with Crippen molar-refractivity contribution in [3.8, 4) is 11.8 Å². The normalized spacial score (nSPS) is 18.1. The summed E-state index contributed by atoms with van der Waals surface area (Å²) in [7, 11) is 0.779. The third-order valence-electron chi connectivity index (χ3n) is 5.03. The van der Waals surface area contributed by atoms with E-state index < -0.39 is 24.1 Å². The fourth-order valence-electron chi connectivity index (χ4n) is 2.92. The number of ether oxygens (including phenoxy) is 2. The van der Waals surface area contributed by atoms with Gasteiger partial charge in [0.05, 0.1) is 16.8 Å². The molecule has 0 atom stereocenters. The summed E-state index contributed by atoms with van der Waals surface area (Å²) < 4.78 is 37.0. The Morgan fingerprint density at radius 2 is 1.81 bits per heavy atom. The van der Waals surface area contributed by atoms with Gasteiger partial charge in [0.2, 0.25) is 0 Å². The third-order valence-corrected chi connectivity index (χ3v) is 5.03. The van der Waals surface area contributed by atoms with E-state index in [4.69, 9.17) is 18.8 Å². The second-order valence-electron chi connectivity index (χ2n) is 7.28. The molecule has 0 aromatic heterocycles. The topological polar surface area (TPSA) is 60.7 Å². The smallest absolute Gasteiger partial charge is 0.468 e. The van der Waals surface area contributed by atoms with Gasteiger partial charge in [-0.2, -0.15) is 5.26 Å². The monoisotopic (exact) mass is 357 g/mol. The van der Waals surface area contributed by atoms with Crippen molar-refractivity contribution in [2.45, 2.75) is 38.9 Å². The molecule has 1 aliphatic rings. The zero-order chi connectivity index (χ0) is 19.1. The van der Waals surface area contributed by atoms with Crippen LogP contribution in [0.4, 0.5) is 4.39 Å². The number of hydrogen-bond acceptors (Lipinski definition) is 5. The number of halogens is 1. The van der Waals surface area contributed by atoms with Crippen LogP contribution < -0.4 is 10.2 Å². The highest BCUT2D eigenvalue weighted by atomic mass is 19.1. The van der Waals surface area contributed by atoms with E-state index in [9.17, 15) is 9.65 Å². The number of nitriles is 1. The molecule has 1 heterocycles. The summed E-state index contributed by atoms with van der Waals surface area (Å²) >= 11 is 0. The maximum atomic E-state index is 14.2. The van der Waals surface area contributed by atoms with E-state index in [1.54, 1.807) is 18.2 Å². The number of methoxy groups -OCH3 is 1. The van der Waals surface area contributed by atoms with Crippen LogP contribution in [0.2, 0.25) is 0 Å². The van der Waals surface area contributed by atoms with Crippen molar-refractivity contribution in [3.63, 3.8) is 0 Å². The summed E-state index contributed by atoms with van der Waals surface area (Å²) in [6, 6.07) is 8.29. The van der Waals surface area contributed by atoms with Gasteiger partial charge in [0, 0.05) is 12.5 Å². The van der Waals surface area contributed by atoms with Gasteiger partial charge in [-0.05, 0) is 56.7 Å². The molecule has 0 bridgehead atoms. The first-order chi connectivity index (χ1) is 12.2. The van der Waals surface area contributed by atoms with Crippen molar-refractivity contribution < 1.29 is 23.2 Å². The van der Waals surface area contributed by atoms with Gasteiger partial charge in [-0.1, -0.05) is 6.07 Å². The summed E-state index contributed by atoms with van der Waals surface area (Å²) in [5.74, 6) is -0.0529. The van der Waals surface area contributed by atoms with Crippen LogP contribution in [0.15, 0.2) is 24.3 Å². The van der Waals surface area contributed by atoms with Crippen LogP contribution in [0.25, 0.3) is 10.8 Å². The van der Waals surface area contributed by atoms with E-state index in [0.29, 0.717) is 22.0 Å². The minimum Gasteiger partial charge on any atom is -0.468 e. The highest BCUT2D eigenvalue weighted by Crippen LogP contribution is 2.38. The van der Waals surface area contributed by atoms with Crippen molar-refractivity contribution in [2.75, 3.05) is 13.9 Å². The highest BCUT2D eigenvalue weighted by Gasteiger charge is 2.52. The zero-order valence-corrected chi connectivity index (χ0v) is 15.6. The molecule has 5 nitrogen and oxygen atoms in total. The van der Waals surface area contributed by atoms with Crippen LogP contribution in [0.5, 0.6) is 5.75 Å². The van der Waals surface area contributed by atoms with Crippen LogP contribution in [-0.2, 0) is 14.0 Å². The SMILES string of the molecule is COCOc1cc(B2OC(C)(C)C(C)(C)O2)c2c(C#N)c(F)ccc2c1. The van der Waals surface area contributed by atoms with Gasteiger partial charge in [-0.3, -0.25) is 0 Å². The van der Waals surface area contributed by atoms with Crippen molar-refractivity contribution in [2.24, 2.45) is 0 Å². The van der Waals surface area contributed by atoms with E-state index in [0.717, 1.165) is 0 Å². The molecule has 2 aromatic rings. The molecule has 1 aliphatic heterocycles. The molecule has 0 spiro atoms. The van der Waals surface area contributed by atoms with Gasteiger partial charge in [0.25, 0.3) is 0 Å². The van der Waals surface area contributed by atoms with Gasteiger partial charge in [-0.25, -0.2) is 4.39 Å². The van der Waals surface area contributed by atoms with E-state index in [-0.39, 0.29) is 12.4 Å². The number of fused-ring (bicyclic) bond motifs is 1. The standard InChI is InChI=1S/C19H21BFNO4/c1-18(2)19(3,4)26-20(25-18)15-9-13(24-11-23-5)8-12-6-7-16(21)14(10-22)17(12)15/h6-9H,11H2,1-5H3. The average Bonchev–Trinajstić information content (AvgIpc) is 2.80. The van der Waals surface area contributed by atoms with E-state index in [1.807, 2.05) is 33.8 Å². The first-order valence-corrected chi connectivity index (χ1v) is 8.34. The Kier molecular flexibility index (Phi) is 4.70. The maximum Gasteiger partial charge on any atom is 0.495 e. The lowest BCUT2D eigenvalue weighted by Gasteiger charge is -2.32. The molecular weight excluding hydrogens is 336 g/mol. The highest BCUT2D eigenvalue weighted by molar-refractivity contribution is 6.65. The molecule has 0 unspecified atom stereocenters. The summed E-state index contributed by atoms with van der Waals surface area (Å²) in [4.78, 5) is 0. The van der Waals surface area contributed by atoms with Crippen LogP contribution >= 0.6 is 0 Å². The van der Waals surface area contributed by atoms with Crippen molar-refractivity contribution in [1.82, 2.24) is 0 Å². The Hall–Kier alpha value is -2.14. The van der Waals surface area contributed by atoms with Crippen LogP contribution in [0, 0.1) is 17.1 Å². The van der Waals surface area contributed by atoms with Gasteiger partial charge < -0.3 is 18.8 Å². The first-order valence-electron chi connectivity index (χ1n) is 8.34.